The molecular weight excluding hydrogens is 342 g/mol. The topological polar surface area (TPSA) is 84.2 Å². The molecule has 27 heavy (non-hydrogen) atoms. The van der Waals surface area contributed by atoms with Crippen LogP contribution in [-0.2, 0) is 4.79 Å². The largest absolute Gasteiger partial charge is 0.355 e. The minimum absolute atomic E-state index is 0.0546. The Bertz CT molecular complexity index is 997. The fourth-order valence-electron chi connectivity index (χ4n) is 3.72. The molecule has 0 aliphatic carbocycles. The third kappa shape index (κ3) is 3.37. The molecule has 1 aromatic carbocycles. The van der Waals surface area contributed by atoms with Gasteiger partial charge in [0.05, 0.1) is 11.6 Å². The van der Waals surface area contributed by atoms with Crippen LogP contribution in [0.15, 0.2) is 29.0 Å². The average molecular weight is 365 g/mol. The predicted octanol–water partition coefficient (Wildman–Crippen LogP) is 3.40. The molecule has 140 valence electrons. The van der Waals surface area contributed by atoms with Crippen molar-refractivity contribution in [2.75, 3.05) is 23.3 Å². The van der Waals surface area contributed by atoms with Crippen LogP contribution >= 0.6 is 0 Å². The van der Waals surface area contributed by atoms with Gasteiger partial charge in [0.1, 0.15) is 17.5 Å². The van der Waals surface area contributed by atoms with Crippen LogP contribution in [0, 0.1) is 26.7 Å². The van der Waals surface area contributed by atoms with Gasteiger partial charge >= 0.3 is 0 Å². The summed E-state index contributed by atoms with van der Waals surface area (Å²) in [7, 11) is 0. The first-order chi connectivity index (χ1) is 13.0. The van der Waals surface area contributed by atoms with Gasteiger partial charge in [-0.25, -0.2) is 4.98 Å². The fourth-order valence-corrected chi connectivity index (χ4v) is 3.72. The second-order valence-electron chi connectivity index (χ2n) is 7.24. The van der Waals surface area contributed by atoms with Crippen molar-refractivity contribution in [2.45, 2.75) is 33.6 Å². The first-order valence-corrected chi connectivity index (χ1v) is 9.23. The summed E-state index contributed by atoms with van der Waals surface area (Å²) in [5.41, 5.74) is 4.39. The number of aryl methyl sites for hydroxylation is 3. The van der Waals surface area contributed by atoms with Crippen molar-refractivity contribution >= 4 is 28.5 Å². The number of carbonyl (C=O) groups is 1. The number of hydrogen-bond acceptors (Lipinski definition) is 6. The smallest absolute Gasteiger partial charge is 0.263 e. The van der Waals surface area contributed by atoms with Crippen molar-refractivity contribution in [1.29, 1.82) is 0 Å². The van der Waals surface area contributed by atoms with E-state index in [1.54, 1.807) is 0 Å². The summed E-state index contributed by atoms with van der Waals surface area (Å²) in [6, 6.07) is 6.06. The number of benzene rings is 1. The third-order valence-corrected chi connectivity index (χ3v) is 5.15. The first-order valence-electron chi connectivity index (χ1n) is 9.23. The van der Waals surface area contributed by atoms with Gasteiger partial charge in [0.15, 0.2) is 0 Å². The monoisotopic (exact) mass is 365 g/mol. The molecule has 0 saturated carbocycles. The molecule has 1 amide bonds. The number of fused-ring (bicyclic) bond motifs is 1. The molecule has 0 radical (unpaired) electrons. The van der Waals surface area contributed by atoms with Gasteiger partial charge in [-0.15, -0.1) is 0 Å². The number of hydrogen-bond donors (Lipinski definition) is 1. The zero-order valence-corrected chi connectivity index (χ0v) is 15.8. The van der Waals surface area contributed by atoms with Gasteiger partial charge in [-0.2, -0.15) is 4.98 Å². The van der Waals surface area contributed by atoms with Crippen molar-refractivity contribution in [3.63, 3.8) is 0 Å². The predicted molar refractivity (Wildman–Crippen MR) is 104 cm³/mol. The third-order valence-electron chi connectivity index (χ3n) is 5.15. The highest BCUT2D eigenvalue weighted by Crippen LogP contribution is 2.30. The van der Waals surface area contributed by atoms with E-state index >= 15 is 0 Å². The lowest BCUT2D eigenvalue weighted by atomic mass is 9.96. The summed E-state index contributed by atoms with van der Waals surface area (Å²) in [6.07, 6.45) is 3.28. The van der Waals surface area contributed by atoms with Crippen molar-refractivity contribution in [1.82, 2.24) is 15.1 Å². The zero-order chi connectivity index (χ0) is 19.0. The minimum atomic E-state index is -0.0929. The summed E-state index contributed by atoms with van der Waals surface area (Å²) in [5, 5.41) is 7.91. The lowest BCUT2D eigenvalue weighted by molar-refractivity contribution is -0.120. The van der Waals surface area contributed by atoms with E-state index in [4.69, 9.17) is 4.52 Å². The highest BCUT2D eigenvalue weighted by molar-refractivity contribution is 5.94. The Kier molecular flexibility index (Phi) is 4.51. The Morgan fingerprint density at radius 2 is 2.11 bits per heavy atom. The number of amides is 1. The summed E-state index contributed by atoms with van der Waals surface area (Å²) in [5.74, 6) is 0.756. The highest BCUT2D eigenvalue weighted by atomic mass is 16.5. The molecule has 1 aliphatic heterocycles. The van der Waals surface area contributed by atoms with Crippen molar-refractivity contribution < 1.29 is 9.32 Å². The molecule has 4 rings (SSSR count). The van der Waals surface area contributed by atoms with Gasteiger partial charge in [0, 0.05) is 18.8 Å². The number of nitrogens with one attached hydrogen (secondary N) is 1. The van der Waals surface area contributed by atoms with E-state index in [0.29, 0.717) is 12.3 Å². The van der Waals surface area contributed by atoms with Crippen molar-refractivity contribution in [3.8, 4) is 0 Å². The fraction of sp³-hybridized carbons (Fsp3) is 0.400. The van der Waals surface area contributed by atoms with E-state index in [1.807, 2.05) is 32.9 Å². The zero-order valence-electron chi connectivity index (χ0n) is 15.8. The van der Waals surface area contributed by atoms with Crippen LogP contribution in [-0.4, -0.2) is 34.1 Å². The molecule has 7 nitrogen and oxygen atoms in total. The molecule has 0 bridgehead atoms. The maximum absolute atomic E-state index is 12.9. The molecule has 0 spiro atoms. The van der Waals surface area contributed by atoms with Gasteiger partial charge in [-0.3, -0.25) is 4.79 Å². The van der Waals surface area contributed by atoms with E-state index in [1.165, 1.54) is 11.9 Å². The first kappa shape index (κ1) is 17.5. The SMILES string of the molecule is Cc1ccc(NC(=O)C2CCCN(c3ncnc4onc(C)c34)C2)c(C)c1. The molecule has 3 heterocycles. The van der Waals surface area contributed by atoms with E-state index in [0.717, 1.165) is 47.5 Å². The lowest BCUT2D eigenvalue weighted by Gasteiger charge is -2.33. The standard InChI is InChI=1S/C20H23N5O2/c1-12-6-7-16(13(2)9-12)23-19(26)15-5-4-8-25(10-15)18-17-14(3)24-27-20(17)22-11-21-18/h6-7,9,11,15H,4-5,8,10H2,1-3H3,(H,23,26). The normalized spacial score (nSPS) is 17.3. The van der Waals surface area contributed by atoms with Gasteiger partial charge in [-0.1, -0.05) is 22.9 Å². The molecular formula is C20H23N5O2. The van der Waals surface area contributed by atoms with Crippen molar-refractivity contribution in [2.24, 2.45) is 5.92 Å². The van der Waals surface area contributed by atoms with Crippen LogP contribution in [0.1, 0.15) is 29.7 Å². The molecule has 1 unspecified atom stereocenters. The van der Waals surface area contributed by atoms with Crippen LogP contribution in [0.3, 0.4) is 0 Å². The molecule has 2 aromatic heterocycles. The highest BCUT2D eigenvalue weighted by Gasteiger charge is 2.28. The van der Waals surface area contributed by atoms with Crippen LogP contribution < -0.4 is 10.2 Å². The van der Waals surface area contributed by atoms with Gasteiger partial charge in [0.2, 0.25) is 5.91 Å². The summed E-state index contributed by atoms with van der Waals surface area (Å²) >= 11 is 0. The van der Waals surface area contributed by atoms with Gasteiger partial charge in [-0.05, 0) is 45.2 Å². The summed E-state index contributed by atoms with van der Waals surface area (Å²) in [6.45, 7) is 7.42. The lowest BCUT2D eigenvalue weighted by Crippen LogP contribution is -2.41. The van der Waals surface area contributed by atoms with Crippen LogP contribution in [0.2, 0.25) is 0 Å². The molecule has 7 heteroatoms. The molecule has 1 saturated heterocycles. The van der Waals surface area contributed by atoms with Crippen molar-refractivity contribution in [3.05, 3.63) is 41.3 Å². The second-order valence-corrected chi connectivity index (χ2v) is 7.24. The minimum Gasteiger partial charge on any atom is -0.355 e. The number of anilines is 2. The Morgan fingerprint density at radius 3 is 2.93 bits per heavy atom. The number of rotatable bonds is 3. The van der Waals surface area contributed by atoms with Crippen LogP contribution in [0.25, 0.3) is 11.1 Å². The Labute approximate surface area is 157 Å². The number of nitrogens with zero attached hydrogens (tertiary/aromatic N) is 4. The van der Waals surface area contributed by atoms with E-state index < -0.39 is 0 Å². The molecule has 1 atom stereocenters. The molecule has 3 aromatic rings. The van der Waals surface area contributed by atoms with E-state index in [9.17, 15) is 4.79 Å². The summed E-state index contributed by atoms with van der Waals surface area (Å²) < 4.78 is 5.25. The Hall–Kier alpha value is -2.96. The van der Waals surface area contributed by atoms with Crippen LogP contribution in [0.5, 0.6) is 0 Å². The number of piperidine rings is 1. The van der Waals surface area contributed by atoms with E-state index in [-0.39, 0.29) is 11.8 Å². The van der Waals surface area contributed by atoms with E-state index in [2.05, 4.69) is 31.4 Å². The molecule has 1 aliphatic rings. The van der Waals surface area contributed by atoms with Crippen LogP contribution in [0.4, 0.5) is 11.5 Å². The van der Waals surface area contributed by atoms with Gasteiger partial charge in [0.25, 0.3) is 5.71 Å². The molecule has 1 N–H and O–H groups in total. The average Bonchev–Trinajstić information content (AvgIpc) is 3.05. The van der Waals surface area contributed by atoms with Gasteiger partial charge < -0.3 is 14.7 Å². The number of aromatic nitrogens is 3. The summed E-state index contributed by atoms with van der Waals surface area (Å²) in [4.78, 5) is 23.6. The maximum Gasteiger partial charge on any atom is 0.263 e. The maximum atomic E-state index is 12.9. The number of carbonyl (C=O) groups excluding carboxylic acids is 1. The Balaban J connectivity index is 1.54. The Morgan fingerprint density at radius 1 is 1.26 bits per heavy atom. The quantitative estimate of drug-likeness (QED) is 0.766. The second kappa shape index (κ2) is 6.98. The molecule has 1 fully saturated rings.